The van der Waals surface area contributed by atoms with Gasteiger partial charge < -0.3 is 4.74 Å². The predicted octanol–water partition coefficient (Wildman–Crippen LogP) is 2.01. The van der Waals surface area contributed by atoms with Gasteiger partial charge in [-0.15, -0.1) is 0 Å². The Labute approximate surface area is 63.2 Å². The molecular formula is C8H17O2. The van der Waals surface area contributed by atoms with E-state index >= 15 is 0 Å². The smallest absolute Gasteiger partial charge is 0.0924 e. The van der Waals surface area contributed by atoms with Crippen LogP contribution in [0.5, 0.6) is 0 Å². The summed E-state index contributed by atoms with van der Waals surface area (Å²) in [6.45, 7) is 6.38. The lowest BCUT2D eigenvalue weighted by Crippen LogP contribution is -2.11. The Hall–Kier alpha value is -0.0800. The summed E-state index contributed by atoms with van der Waals surface area (Å²) in [7, 11) is 0. The second-order valence-corrected chi connectivity index (χ2v) is 2.69. The summed E-state index contributed by atoms with van der Waals surface area (Å²) < 4.78 is 5.30. The molecule has 0 rings (SSSR count). The Morgan fingerprint density at radius 3 is 2.40 bits per heavy atom. The first-order chi connectivity index (χ1) is 4.66. The molecule has 0 N–H and O–H groups in total. The molecule has 0 saturated heterocycles. The molecule has 0 heterocycles. The predicted molar refractivity (Wildman–Crippen MR) is 40.5 cm³/mol. The lowest BCUT2D eigenvalue weighted by atomic mass is 10.3. The lowest BCUT2D eigenvalue weighted by molar-refractivity contribution is 0.0210. The number of hydrogen-bond donors (Lipinski definition) is 0. The van der Waals surface area contributed by atoms with Crippen LogP contribution in [0.1, 0.15) is 33.6 Å². The van der Waals surface area contributed by atoms with Crippen LogP contribution >= 0.6 is 0 Å². The Bertz CT molecular complexity index is 71.7. The molecule has 0 aliphatic carbocycles. The second kappa shape index (κ2) is 5.69. The molecule has 0 bridgehead atoms. The highest BCUT2D eigenvalue weighted by Gasteiger charge is 2.00. The Morgan fingerprint density at radius 1 is 1.40 bits per heavy atom. The summed E-state index contributed by atoms with van der Waals surface area (Å²) in [5.74, 6) is 0. The molecular weight excluding hydrogens is 128 g/mol. The topological polar surface area (TPSA) is 29.1 Å². The van der Waals surface area contributed by atoms with E-state index in [9.17, 15) is 5.11 Å². The maximum atomic E-state index is 10.5. The van der Waals surface area contributed by atoms with Crippen molar-refractivity contribution in [3.63, 3.8) is 0 Å². The summed E-state index contributed by atoms with van der Waals surface area (Å²) in [6, 6.07) is 0. The molecule has 0 amide bonds. The molecule has 0 fully saturated rings. The van der Waals surface area contributed by atoms with Crippen LogP contribution in [-0.2, 0) is 9.84 Å². The van der Waals surface area contributed by atoms with Crippen molar-refractivity contribution in [1.29, 1.82) is 0 Å². The third-order valence-electron chi connectivity index (χ3n) is 1.50. The summed E-state index contributed by atoms with van der Waals surface area (Å²) in [5, 5.41) is 10.5. The molecule has 0 aliphatic rings. The largest absolute Gasteiger partial charge is 0.378 e. The van der Waals surface area contributed by atoms with Crippen molar-refractivity contribution in [1.82, 2.24) is 0 Å². The SMILES string of the molecule is CCC(C)OCCC(C)[O]. The first kappa shape index (κ1) is 9.92. The van der Waals surface area contributed by atoms with E-state index in [0.717, 1.165) is 6.42 Å². The minimum Gasteiger partial charge on any atom is -0.378 e. The van der Waals surface area contributed by atoms with Crippen molar-refractivity contribution in [3.05, 3.63) is 0 Å². The van der Waals surface area contributed by atoms with Crippen LogP contribution in [0.2, 0.25) is 0 Å². The van der Waals surface area contributed by atoms with Crippen molar-refractivity contribution in [2.24, 2.45) is 0 Å². The quantitative estimate of drug-likeness (QED) is 0.581. The molecule has 2 nitrogen and oxygen atoms in total. The third kappa shape index (κ3) is 6.05. The van der Waals surface area contributed by atoms with Crippen molar-refractivity contribution in [2.45, 2.75) is 45.8 Å². The minimum absolute atomic E-state index is 0.304. The van der Waals surface area contributed by atoms with Gasteiger partial charge in [-0.3, -0.25) is 0 Å². The van der Waals surface area contributed by atoms with Gasteiger partial charge in [-0.1, -0.05) is 6.92 Å². The van der Waals surface area contributed by atoms with E-state index in [2.05, 4.69) is 6.92 Å². The third-order valence-corrected chi connectivity index (χ3v) is 1.50. The monoisotopic (exact) mass is 145 g/mol. The average molecular weight is 145 g/mol. The highest BCUT2D eigenvalue weighted by Crippen LogP contribution is 1.98. The normalized spacial score (nSPS) is 16.8. The zero-order valence-corrected chi connectivity index (χ0v) is 7.09. The number of hydrogen-bond acceptors (Lipinski definition) is 1. The Morgan fingerprint density at radius 2 is 2.00 bits per heavy atom. The minimum atomic E-state index is -0.482. The van der Waals surface area contributed by atoms with Gasteiger partial charge in [-0.2, -0.15) is 0 Å². The van der Waals surface area contributed by atoms with E-state index in [1.165, 1.54) is 0 Å². The van der Waals surface area contributed by atoms with E-state index in [-0.39, 0.29) is 0 Å². The van der Waals surface area contributed by atoms with Gasteiger partial charge in [0.2, 0.25) is 0 Å². The van der Waals surface area contributed by atoms with Crippen LogP contribution in [0.3, 0.4) is 0 Å². The highest BCUT2D eigenvalue weighted by atomic mass is 16.5. The van der Waals surface area contributed by atoms with Gasteiger partial charge in [0.1, 0.15) is 0 Å². The molecule has 2 unspecified atom stereocenters. The van der Waals surface area contributed by atoms with Gasteiger partial charge in [-0.05, 0) is 26.7 Å². The van der Waals surface area contributed by atoms with Crippen LogP contribution in [0.15, 0.2) is 0 Å². The standard InChI is InChI=1S/C8H17O2/c1-4-8(3)10-6-5-7(2)9/h7-8H,4-6H2,1-3H3. The fraction of sp³-hybridized carbons (Fsp3) is 1.00. The van der Waals surface area contributed by atoms with Crippen LogP contribution in [0.25, 0.3) is 0 Å². The van der Waals surface area contributed by atoms with Crippen molar-refractivity contribution < 1.29 is 9.84 Å². The molecule has 10 heavy (non-hydrogen) atoms. The lowest BCUT2D eigenvalue weighted by Gasteiger charge is -2.10. The molecule has 0 spiro atoms. The number of rotatable bonds is 5. The zero-order chi connectivity index (χ0) is 7.98. The van der Waals surface area contributed by atoms with E-state index in [1.807, 2.05) is 6.92 Å². The summed E-state index contributed by atoms with van der Waals surface area (Å²) in [5.41, 5.74) is 0. The Balaban J connectivity index is 3.03. The fourth-order valence-electron chi connectivity index (χ4n) is 0.553. The van der Waals surface area contributed by atoms with Gasteiger partial charge in [0.15, 0.2) is 0 Å². The van der Waals surface area contributed by atoms with Gasteiger partial charge in [-0.25, -0.2) is 5.11 Å². The van der Waals surface area contributed by atoms with Crippen molar-refractivity contribution in [3.8, 4) is 0 Å². The average Bonchev–Trinajstić information content (AvgIpc) is 1.87. The molecule has 0 aliphatic heterocycles. The van der Waals surface area contributed by atoms with Crippen LogP contribution in [0.4, 0.5) is 0 Å². The van der Waals surface area contributed by atoms with Crippen molar-refractivity contribution in [2.75, 3.05) is 6.61 Å². The maximum absolute atomic E-state index is 10.5. The molecule has 0 aromatic heterocycles. The fourth-order valence-corrected chi connectivity index (χ4v) is 0.553. The van der Waals surface area contributed by atoms with Crippen LogP contribution < -0.4 is 0 Å². The van der Waals surface area contributed by atoms with Crippen molar-refractivity contribution >= 4 is 0 Å². The Kier molecular flexibility index (Phi) is 5.64. The molecule has 0 saturated carbocycles. The molecule has 2 atom stereocenters. The van der Waals surface area contributed by atoms with Crippen LogP contribution in [0, 0.1) is 0 Å². The van der Waals surface area contributed by atoms with E-state index in [0.29, 0.717) is 19.1 Å². The number of ether oxygens (including phenoxy) is 1. The molecule has 61 valence electrons. The molecule has 0 aromatic rings. The van der Waals surface area contributed by atoms with Crippen LogP contribution in [-0.4, -0.2) is 18.8 Å². The van der Waals surface area contributed by atoms with Gasteiger partial charge >= 0.3 is 0 Å². The van der Waals surface area contributed by atoms with E-state index in [1.54, 1.807) is 6.92 Å². The first-order valence-electron chi connectivity index (χ1n) is 3.94. The summed E-state index contributed by atoms with van der Waals surface area (Å²) in [4.78, 5) is 0. The first-order valence-corrected chi connectivity index (χ1v) is 3.94. The molecule has 0 aromatic carbocycles. The van der Waals surface area contributed by atoms with Gasteiger partial charge in [0.25, 0.3) is 0 Å². The zero-order valence-electron chi connectivity index (χ0n) is 7.09. The summed E-state index contributed by atoms with van der Waals surface area (Å²) in [6.07, 6.45) is 1.47. The van der Waals surface area contributed by atoms with Gasteiger partial charge in [0, 0.05) is 6.61 Å². The maximum Gasteiger partial charge on any atom is 0.0924 e. The second-order valence-electron chi connectivity index (χ2n) is 2.69. The molecule has 2 heteroatoms. The molecule has 1 radical (unpaired) electrons. The van der Waals surface area contributed by atoms with Gasteiger partial charge in [0.05, 0.1) is 12.2 Å². The van der Waals surface area contributed by atoms with E-state index < -0.39 is 6.10 Å². The highest BCUT2D eigenvalue weighted by molar-refractivity contribution is 4.48. The van der Waals surface area contributed by atoms with E-state index in [4.69, 9.17) is 4.74 Å². The summed E-state index contributed by atoms with van der Waals surface area (Å²) >= 11 is 0.